The van der Waals surface area contributed by atoms with E-state index in [1.54, 1.807) is 6.92 Å². The minimum Gasteiger partial charge on any atom is -0.319 e. The van der Waals surface area contributed by atoms with Crippen LogP contribution in [-0.2, 0) is 10.3 Å². The van der Waals surface area contributed by atoms with E-state index in [-0.39, 0.29) is 18.9 Å². The molecule has 3 amide bonds. The smallest absolute Gasteiger partial charge is 0.319 e. The third-order valence-corrected chi connectivity index (χ3v) is 4.62. The van der Waals surface area contributed by atoms with Crippen molar-refractivity contribution in [2.24, 2.45) is 5.92 Å². The van der Waals surface area contributed by atoms with E-state index < -0.39 is 17.5 Å². The lowest BCUT2D eigenvalue weighted by atomic mass is 9.90. The number of amides is 3. The topological polar surface area (TPSA) is 97.0 Å². The molecule has 1 aromatic carbocycles. The van der Waals surface area contributed by atoms with Crippen LogP contribution in [-0.4, -0.2) is 23.4 Å². The number of nitrogens with one attached hydrogen (secondary N) is 1. The van der Waals surface area contributed by atoms with Gasteiger partial charge in [0.15, 0.2) is 0 Å². The van der Waals surface area contributed by atoms with Gasteiger partial charge in [0.2, 0.25) is 0 Å². The highest BCUT2D eigenvalue weighted by Crippen LogP contribution is 2.30. The van der Waals surface area contributed by atoms with Crippen molar-refractivity contribution in [1.82, 2.24) is 10.2 Å². The molecule has 0 aromatic heterocycles. The molecule has 0 spiro atoms. The van der Waals surface area contributed by atoms with Gasteiger partial charge in [0.1, 0.15) is 5.54 Å². The molecule has 1 N–H and O–H groups in total. The molecule has 1 aromatic rings. The van der Waals surface area contributed by atoms with Crippen LogP contribution in [0.25, 0.3) is 0 Å². The molecule has 130 valence electrons. The molecule has 1 fully saturated rings. The second-order valence-corrected chi connectivity index (χ2v) is 6.77. The van der Waals surface area contributed by atoms with Crippen LogP contribution in [0.5, 0.6) is 0 Å². The van der Waals surface area contributed by atoms with Crippen LogP contribution in [0.15, 0.2) is 24.3 Å². The number of carbonyl (C=O) groups is 2. The molecule has 2 unspecified atom stereocenters. The van der Waals surface area contributed by atoms with Gasteiger partial charge in [-0.05, 0) is 30.4 Å². The Morgan fingerprint density at radius 2 is 1.84 bits per heavy atom. The highest BCUT2D eigenvalue weighted by Gasteiger charge is 2.49. The number of carbonyl (C=O) groups excluding carboxylic acids is 2. The normalized spacial score (nSPS) is 21.0. The van der Waals surface area contributed by atoms with Gasteiger partial charge in [-0.1, -0.05) is 38.1 Å². The van der Waals surface area contributed by atoms with Crippen molar-refractivity contribution in [3.8, 4) is 12.1 Å². The third kappa shape index (κ3) is 3.64. The molecular formula is C19H22N4O2. The Morgan fingerprint density at radius 3 is 2.36 bits per heavy atom. The molecule has 6 heteroatoms. The van der Waals surface area contributed by atoms with Gasteiger partial charge in [0.25, 0.3) is 5.91 Å². The summed E-state index contributed by atoms with van der Waals surface area (Å²) in [6.45, 7) is 5.85. The Hall–Kier alpha value is -2.86. The molecule has 6 nitrogen and oxygen atoms in total. The quantitative estimate of drug-likeness (QED) is 0.806. The van der Waals surface area contributed by atoms with Crippen molar-refractivity contribution in [3.63, 3.8) is 0 Å². The lowest BCUT2D eigenvalue weighted by Gasteiger charge is -2.23. The summed E-state index contributed by atoms with van der Waals surface area (Å²) in [5, 5.41) is 20.6. The first-order chi connectivity index (χ1) is 11.8. The first-order valence-electron chi connectivity index (χ1n) is 8.34. The predicted molar refractivity (Wildman–Crippen MR) is 92.1 cm³/mol. The second kappa shape index (κ2) is 7.36. The number of urea groups is 1. The Bertz CT molecular complexity index is 742. The van der Waals surface area contributed by atoms with E-state index in [1.807, 2.05) is 30.3 Å². The number of imide groups is 1. The lowest BCUT2D eigenvalue weighted by Crippen LogP contribution is -2.41. The SMILES string of the molecule is CC(C)c1ccc(C2(C)NC(=O)N(CC(C#N)CCC#N)C2=O)cc1. The van der Waals surface area contributed by atoms with E-state index in [4.69, 9.17) is 5.26 Å². The highest BCUT2D eigenvalue weighted by atomic mass is 16.2. The molecule has 0 radical (unpaired) electrons. The lowest BCUT2D eigenvalue weighted by molar-refractivity contribution is -0.131. The van der Waals surface area contributed by atoms with E-state index >= 15 is 0 Å². The van der Waals surface area contributed by atoms with Gasteiger partial charge in [0.05, 0.1) is 18.1 Å². The first-order valence-corrected chi connectivity index (χ1v) is 8.34. The maximum absolute atomic E-state index is 12.9. The Morgan fingerprint density at radius 1 is 1.20 bits per heavy atom. The zero-order valence-corrected chi connectivity index (χ0v) is 14.7. The van der Waals surface area contributed by atoms with Crippen LogP contribution in [0, 0.1) is 28.6 Å². The van der Waals surface area contributed by atoms with Crippen LogP contribution in [0.3, 0.4) is 0 Å². The molecule has 1 aliphatic heterocycles. The fourth-order valence-corrected chi connectivity index (χ4v) is 2.92. The Labute approximate surface area is 148 Å². The molecule has 25 heavy (non-hydrogen) atoms. The van der Waals surface area contributed by atoms with Crippen LogP contribution in [0.2, 0.25) is 0 Å². The average Bonchev–Trinajstić information content (AvgIpc) is 2.82. The zero-order valence-electron chi connectivity index (χ0n) is 14.7. The van der Waals surface area contributed by atoms with Crippen LogP contribution in [0.4, 0.5) is 4.79 Å². The summed E-state index contributed by atoms with van der Waals surface area (Å²) in [5.74, 6) is -0.532. The van der Waals surface area contributed by atoms with Gasteiger partial charge in [-0.3, -0.25) is 9.69 Å². The van der Waals surface area contributed by atoms with Crippen molar-refractivity contribution >= 4 is 11.9 Å². The van der Waals surface area contributed by atoms with Crippen molar-refractivity contribution in [2.75, 3.05) is 6.54 Å². The number of benzene rings is 1. The van der Waals surface area contributed by atoms with Gasteiger partial charge in [0, 0.05) is 13.0 Å². The Balaban J connectivity index is 2.21. The molecule has 2 atom stereocenters. The van der Waals surface area contributed by atoms with Gasteiger partial charge < -0.3 is 5.32 Å². The molecule has 1 saturated heterocycles. The van der Waals surface area contributed by atoms with E-state index in [2.05, 4.69) is 25.2 Å². The summed E-state index contributed by atoms with van der Waals surface area (Å²) in [6, 6.07) is 11.2. The van der Waals surface area contributed by atoms with E-state index in [9.17, 15) is 14.9 Å². The number of hydrogen-bond donors (Lipinski definition) is 1. The van der Waals surface area contributed by atoms with Crippen molar-refractivity contribution < 1.29 is 9.59 Å². The van der Waals surface area contributed by atoms with E-state index in [1.165, 1.54) is 0 Å². The summed E-state index contributed by atoms with van der Waals surface area (Å²) < 4.78 is 0. The van der Waals surface area contributed by atoms with Gasteiger partial charge in [-0.2, -0.15) is 10.5 Å². The summed E-state index contributed by atoms with van der Waals surface area (Å²) in [5.41, 5.74) is 0.729. The second-order valence-electron chi connectivity index (χ2n) is 6.77. The van der Waals surface area contributed by atoms with Crippen LogP contribution < -0.4 is 5.32 Å². The number of nitriles is 2. The molecule has 0 bridgehead atoms. The fourth-order valence-electron chi connectivity index (χ4n) is 2.92. The monoisotopic (exact) mass is 338 g/mol. The largest absolute Gasteiger partial charge is 0.325 e. The number of rotatable bonds is 6. The predicted octanol–water partition coefficient (Wildman–Crippen LogP) is 3.02. The van der Waals surface area contributed by atoms with E-state index in [0.29, 0.717) is 17.9 Å². The highest BCUT2D eigenvalue weighted by molar-refractivity contribution is 6.07. The minimum atomic E-state index is -1.14. The maximum Gasteiger partial charge on any atom is 0.325 e. The fraction of sp³-hybridized carbons (Fsp3) is 0.474. The molecule has 1 heterocycles. The Kier molecular flexibility index (Phi) is 5.44. The number of nitrogens with zero attached hydrogens (tertiary/aromatic N) is 3. The molecule has 0 saturated carbocycles. The van der Waals surface area contributed by atoms with Crippen LogP contribution in [0.1, 0.15) is 50.7 Å². The zero-order chi connectivity index (χ0) is 18.6. The first kappa shape index (κ1) is 18.5. The summed E-state index contributed by atoms with van der Waals surface area (Å²) in [6.07, 6.45) is 0.555. The maximum atomic E-state index is 12.9. The summed E-state index contributed by atoms with van der Waals surface area (Å²) in [4.78, 5) is 26.2. The molecule has 2 rings (SSSR count). The van der Waals surface area contributed by atoms with Crippen molar-refractivity contribution in [2.45, 2.75) is 45.1 Å². The van der Waals surface area contributed by atoms with E-state index in [0.717, 1.165) is 10.5 Å². The summed E-state index contributed by atoms with van der Waals surface area (Å²) >= 11 is 0. The summed E-state index contributed by atoms with van der Waals surface area (Å²) in [7, 11) is 0. The number of hydrogen-bond acceptors (Lipinski definition) is 4. The molecule has 1 aliphatic rings. The minimum absolute atomic E-state index is 0.00249. The molecular weight excluding hydrogens is 316 g/mol. The van der Waals surface area contributed by atoms with Crippen LogP contribution >= 0.6 is 0 Å². The van der Waals surface area contributed by atoms with Gasteiger partial charge in [-0.25, -0.2) is 4.79 Å². The third-order valence-electron chi connectivity index (χ3n) is 4.62. The van der Waals surface area contributed by atoms with Crippen molar-refractivity contribution in [3.05, 3.63) is 35.4 Å². The molecule has 0 aliphatic carbocycles. The van der Waals surface area contributed by atoms with Crippen molar-refractivity contribution in [1.29, 1.82) is 10.5 Å². The van der Waals surface area contributed by atoms with Gasteiger partial charge >= 0.3 is 6.03 Å². The average molecular weight is 338 g/mol. The van der Waals surface area contributed by atoms with Gasteiger partial charge in [-0.15, -0.1) is 0 Å². The standard InChI is InChI=1S/C19H22N4O2/c1-13(2)15-6-8-16(9-7-15)19(3)17(24)23(18(25)22-19)12-14(11-21)5-4-10-20/h6-9,13-14H,4-5,12H2,1-3H3,(H,22,25).